The number of aromatic nitrogens is 2. The molecule has 84 valence electrons. The zero-order chi connectivity index (χ0) is 11.4. The molecule has 1 aromatic heterocycles. The van der Waals surface area contributed by atoms with Gasteiger partial charge in [0.25, 0.3) is 0 Å². The molecule has 0 aliphatic carbocycles. The van der Waals surface area contributed by atoms with Crippen molar-refractivity contribution < 1.29 is 0 Å². The lowest BCUT2D eigenvalue weighted by molar-refractivity contribution is 0.638. The molecular formula is C12H14BrN3. The molecule has 4 heteroatoms. The Morgan fingerprint density at radius 1 is 1.31 bits per heavy atom. The van der Waals surface area contributed by atoms with Crippen LogP contribution in [-0.4, -0.2) is 9.55 Å². The summed E-state index contributed by atoms with van der Waals surface area (Å²) in [6.45, 7) is 1.62. The van der Waals surface area contributed by atoms with Crippen molar-refractivity contribution in [2.45, 2.75) is 13.1 Å². The standard InChI is InChI=1S/C12H14BrN3/c1-16-7-6-15-12(16)9-14-8-10-4-2-3-5-11(10)13/h2-7,14H,8-9H2,1H3. The van der Waals surface area contributed by atoms with Crippen LogP contribution >= 0.6 is 15.9 Å². The maximum atomic E-state index is 4.26. The third-order valence-corrected chi connectivity index (χ3v) is 3.25. The van der Waals surface area contributed by atoms with Gasteiger partial charge in [0.15, 0.2) is 0 Å². The topological polar surface area (TPSA) is 29.9 Å². The first-order chi connectivity index (χ1) is 7.77. The SMILES string of the molecule is Cn1ccnc1CNCc1ccccc1Br. The molecule has 0 amide bonds. The molecule has 0 unspecified atom stereocenters. The lowest BCUT2D eigenvalue weighted by Crippen LogP contribution is -2.15. The van der Waals surface area contributed by atoms with Crippen LogP contribution in [0.1, 0.15) is 11.4 Å². The van der Waals surface area contributed by atoms with E-state index in [-0.39, 0.29) is 0 Å². The van der Waals surface area contributed by atoms with E-state index in [4.69, 9.17) is 0 Å². The average molecular weight is 280 g/mol. The number of nitrogens with one attached hydrogen (secondary N) is 1. The minimum atomic E-state index is 0.783. The van der Waals surface area contributed by atoms with E-state index in [9.17, 15) is 0 Å². The van der Waals surface area contributed by atoms with Gasteiger partial charge >= 0.3 is 0 Å². The molecule has 0 saturated heterocycles. The van der Waals surface area contributed by atoms with Gasteiger partial charge in [-0.15, -0.1) is 0 Å². The number of halogens is 1. The molecule has 0 saturated carbocycles. The summed E-state index contributed by atoms with van der Waals surface area (Å²) in [4.78, 5) is 4.26. The molecule has 1 N–H and O–H groups in total. The van der Waals surface area contributed by atoms with Crippen molar-refractivity contribution >= 4 is 15.9 Å². The highest BCUT2D eigenvalue weighted by molar-refractivity contribution is 9.10. The Labute approximate surface area is 104 Å². The lowest BCUT2D eigenvalue weighted by atomic mass is 10.2. The largest absolute Gasteiger partial charge is 0.337 e. The number of imidazole rings is 1. The summed E-state index contributed by atoms with van der Waals surface area (Å²) in [6.07, 6.45) is 3.77. The Morgan fingerprint density at radius 3 is 2.81 bits per heavy atom. The number of nitrogens with zero attached hydrogens (tertiary/aromatic N) is 2. The van der Waals surface area contributed by atoms with E-state index in [0.29, 0.717) is 0 Å². The minimum absolute atomic E-state index is 0.783. The van der Waals surface area contributed by atoms with Crippen molar-refractivity contribution in [3.63, 3.8) is 0 Å². The van der Waals surface area contributed by atoms with Gasteiger partial charge in [0, 0.05) is 30.5 Å². The Morgan fingerprint density at radius 2 is 2.12 bits per heavy atom. The summed E-state index contributed by atoms with van der Waals surface area (Å²) < 4.78 is 3.16. The summed E-state index contributed by atoms with van der Waals surface area (Å²) in [5.41, 5.74) is 1.26. The van der Waals surface area contributed by atoms with E-state index in [1.807, 2.05) is 36.1 Å². The van der Waals surface area contributed by atoms with Crippen molar-refractivity contribution in [2.24, 2.45) is 7.05 Å². The molecule has 0 spiro atoms. The van der Waals surface area contributed by atoms with Gasteiger partial charge in [-0.3, -0.25) is 0 Å². The molecule has 2 aromatic rings. The summed E-state index contributed by atoms with van der Waals surface area (Å²) in [7, 11) is 2.00. The smallest absolute Gasteiger partial charge is 0.122 e. The highest BCUT2D eigenvalue weighted by Gasteiger charge is 2.00. The van der Waals surface area contributed by atoms with Crippen LogP contribution in [0, 0.1) is 0 Å². The Kier molecular flexibility index (Phi) is 3.74. The average Bonchev–Trinajstić information content (AvgIpc) is 2.67. The van der Waals surface area contributed by atoms with E-state index >= 15 is 0 Å². The molecule has 1 heterocycles. The first kappa shape index (κ1) is 11.4. The number of hydrogen-bond acceptors (Lipinski definition) is 2. The second-order valence-corrected chi connectivity index (χ2v) is 4.50. The summed E-state index contributed by atoms with van der Waals surface area (Å²) >= 11 is 3.53. The van der Waals surface area contributed by atoms with E-state index < -0.39 is 0 Å². The summed E-state index contributed by atoms with van der Waals surface area (Å²) in [5.74, 6) is 1.05. The van der Waals surface area contributed by atoms with Crippen LogP contribution < -0.4 is 5.32 Å². The third kappa shape index (κ3) is 2.71. The van der Waals surface area contributed by atoms with Gasteiger partial charge in [0.05, 0.1) is 6.54 Å². The van der Waals surface area contributed by atoms with Crippen LogP contribution in [0.25, 0.3) is 0 Å². The lowest BCUT2D eigenvalue weighted by Gasteiger charge is -2.06. The van der Waals surface area contributed by atoms with Crippen molar-refractivity contribution in [3.8, 4) is 0 Å². The molecule has 0 radical (unpaired) electrons. The molecule has 0 bridgehead atoms. The van der Waals surface area contributed by atoms with Crippen LogP contribution in [0.3, 0.4) is 0 Å². The number of benzene rings is 1. The Balaban J connectivity index is 1.89. The monoisotopic (exact) mass is 279 g/mol. The molecule has 2 rings (SSSR count). The molecule has 3 nitrogen and oxygen atoms in total. The Bertz CT molecular complexity index is 465. The second-order valence-electron chi connectivity index (χ2n) is 3.65. The van der Waals surface area contributed by atoms with Gasteiger partial charge in [0.2, 0.25) is 0 Å². The fraction of sp³-hybridized carbons (Fsp3) is 0.250. The van der Waals surface area contributed by atoms with E-state index in [2.05, 4.69) is 38.4 Å². The van der Waals surface area contributed by atoms with Crippen LogP contribution in [-0.2, 0) is 20.1 Å². The van der Waals surface area contributed by atoms with Crippen LogP contribution in [0.4, 0.5) is 0 Å². The van der Waals surface area contributed by atoms with Gasteiger partial charge in [-0.25, -0.2) is 4.98 Å². The number of hydrogen-bond donors (Lipinski definition) is 1. The molecular weight excluding hydrogens is 266 g/mol. The van der Waals surface area contributed by atoms with E-state index in [1.165, 1.54) is 5.56 Å². The molecule has 16 heavy (non-hydrogen) atoms. The van der Waals surface area contributed by atoms with E-state index in [1.54, 1.807) is 0 Å². The highest BCUT2D eigenvalue weighted by Crippen LogP contribution is 2.15. The molecule has 1 aromatic carbocycles. The summed E-state index contributed by atoms with van der Waals surface area (Å²) in [6, 6.07) is 8.22. The van der Waals surface area contributed by atoms with Crippen LogP contribution in [0.5, 0.6) is 0 Å². The normalized spacial score (nSPS) is 10.6. The number of aryl methyl sites for hydroxylation is 1. The maximum absolute atomic E-state index is 4.26. The third-order valence-electron chi connectivity index (χ3n) is 2.48. The van der Waals surface area contributed by atoms with Gasteiger partial charge < -0.3 is 9.88 Å². The molecule has 0 aliphatic heterocycles. The second kappa shape index (κ2) is 5.27. The quantitative estimate of drug-likeness (QED) is 0.932. The minimum Gasteiger partial charge on any atom is -0.337 e. The highest BCUT2D eigenvalue weighted by atomic mass is 79.9. The summed E-state index contributed by atoms with van der Waals surface area (Å²) in [5, 5.41) is 3.37. The fourth-order valence-electron chi connectivity index (χ4n) is 1.52. The first-order valence-electron chi connectivity index (χ1n) is 5.17. The molecule has 0 atom stereocenters. The zero-order valence-corrected chi connectivity index (χ0v) is 10.7. The van der Waals surface area contributed by atoms with E-state index in [0.717, 1.165) is 23.4 Å². The first-order valence-corrected chi connectivity index (χ1v) is 5.97. The van der Waals surface area contributed by atoms with Gasteiger partial charge in [-0.1, -0.05) is 34.1 Å². The maximum Gasteiger partial charge on any atom is 0.122 e. The number of rotatable bonds is 4. The van der Waals surface area contributed by atoms with Crippen molar-refractivity contribution in [2.75, 3.05) is 0 Å². The van der Waals surface area contributed by atoms with Crippen molar-refractivity contribution in [3.05, 3.63) is 52.5 Å². The zero-order valence-electron chi connectivity index (χ0n) is 9.15. The molecule has 0 fully saturated rings. The van der Waals surface area contributed by atoms with Crippen molar-refractivity contribution in [1.82, 2.24) is 14.9 Å². The van der Waals surface area contributed by atoms with Gasteiger partial charge in [-0.2, -0.15) is 0 Å². The predicted molar refractivity (Wildman–Crippen MR) is 67.9 cm³/mol. The van der Waals surface area contributed by atoms with Crippen molar-refractivity contribution in [1.29, 1.82) is 0 Å². The van der Waals surface area contributed by atoms with Crippen LogP contribution in [0.2, 0.25) is 0 Å². The van der Waals surface area contributed by atoms with Crippen LogP contribution in [0.15, 0.2) is 41.1 Å². The van der Waals surface area contributed by atoms with Gasteiger partial charge in [-0.05, 0) is 11.6 Å². The molecule has 0 aliphatic rings. The fourth-order valence-corrected chi connectivity index (χ4v) is 1.94. The van der Waals surface area contributed by atoms with Gasteiger partial charge in [0.1, 0.15) is 5.82 Å². The predicted octanol–water partition coefficient (Wildman–Crippen LogP) is 2.47. The Hall–Kier alpha value is -1.13.